The smallest absolute Gasteiger partial charge is 0.348 e. The Morgan fingerprint density at radius 1 is 0.510 bits per heavy atom. The van der Waals surface area contributed by atoms with Crippen molar-refractivity contribution in [2.45, 2.75) is 82.9 Å². The van der Waals surface area contributed by atoms with E-state index in [1.807, 2.05) is 0 Å². The lowest BCUT2D eigenvalue weighted by atomic mass is 9.87. The van der Waals surface area contributed by atoms with Crippen LogP contribution >= 0.6 is 0 Å². The summed E-state index contributed by atoms with van der Waals surface area (Å²) in [6, 6.07) is 0. The monoisotopic (exact) mass is 710 g/mol. The van der Waals surface area contributed by atoms with E-state index in [0.29, 0.717) is 6.42 Å². The van der Waals surface area contributed by atoms with E-state index in [2.05, 4.69) is 0 Å². The van der Waals surface area contributed by atoms with Gasteiger partial charge in [0, 0.05) is 52.9 Å². The van der Waals surface area contributed by atoms with Gasteiger partial charge in [-0.2, -0.15) is 0 Å². The van der Waals surface area contributed by atoms with Gasteiger partial charge in [0.2, 0.25) is 0 Å². The maximum absolute atomic E-state index is 12.8. The van der Waals surface area contributed by atoms with Crippen LogP contribution in [0.5, 0.6) is 0 Å². The Hall–Kier alpha value is -6.06. The van der Waals surface area contributed by atoms with Gasteiger partial charge in [-0.05, 0) is 24.3 Å². The van der Waals surface area contributed by atoms with Gasteiger partial charge in [-0.15, -0.1) is 0 Å². The first kappa shape index (κ1) is 36.2. The molecule has 270 valence electrons. The molecule has 16 nitrogen and oxygen atoms in total. The molecule has 2 N–H and O–H groups in total. The molecular weight excluding hydrogens is 676 g/mol. The lowest BCUT2D eigenvalue weighted by molar-refractivity contribution is -0.297. The van der Waals surface area contributed by atoms with Gasteiger partial charge in [-0.1, -0.05) is 43.4 Å². The number of aliphatic hydroxyl groups excluding tert-OH is 2. The normalized spacial score (nSPS) is 27.8. The predicted molar refractivity (Wildman–Crippen MR) is 167 cm³/mol. The maximum Gasteiger partial charge on any atom is 0.348 e. The zero-order valence-corrected chi connectivity index (χ0v) is 27.9. The molecule has 0 radical (unpaired) electrons. The van der Waals surface area contributed by atoms with E-state index >= 15 is 0 Å². The Morgan fingerprint density at radius 3 is 1.33 bits per heavy atom. The van der Waals surface area contributed by atoms with Crippen molar-refractivity contribution in [1.82, 2.24) is 0 Å². The minimum Gasteiger partial charge on any atom is -0.480 e. The quantitative estimate of drug-likeness (QED) is 0.126. The number of carbonyl (C=O) groups excluding carboxylic acids is 6. The summed E-state index contributed by atoms with van der Waals surface area (Å²) < 4.78 is 42.5. The van der Waals surface area contributed by atoms with Crippen molar-refractivity contribution in [2.75, 3.05) is 0 Å². The fourth-order valence-electron chi connectivity index (χ4n) is 5.25. The maximum atomic E-state index is 12.8. The Bertz CT molecular complexity index is 1760. The Morgan fingerprint density at radius 2 is 0.902 bits per heavy atom. The van der Waals surface area contributed by atoms with Crippen LogP contribution in [0.4, 0.5) is 0 Å². The zero-order valence-electron chi connectivity index (χ0n) is 27.9. The van der Waals surface area contributed by atoms with Crippen LogP contribution in [0.3, 0.4) is 0 Å². The summed E-state index contributed by atoms with van der Waals surface area (Å²) in [5.74, 6) is -12.6. The number of ether oxygens (including phenoxy) is 8. The molecule has 1 aliphatic carbocycles. The predicted octanol–water partition coefficient (Wildman–Crippen LogP) is 3.78. The summed E-state index contributed by atoms with van der Waals surface area (Å²) in [6.45, 7) is 6.06. The number of hydrogen-bond donors (Lipinski definition) is 2. The second-order valence-electron chi connectivity index (χ2n) is 12.3. The summed E-state index contributed by atoms with van der Waals surface area (Å²) >= 11 is 0. The fraction of sp³-hybridized carbons (Fsp3) is 0.371. The summed E-state index contributed by atoms with van der Waals surface area (Å²) in [4.78, 5) is 74.6. The minimum atomic E-state index is -1.65. The number of cyclic esters (lactones) is 3. The van der Waals surface area contributed by atoms with Gasteiger partial charge in [0.05, 0.1) is 0 Å². The van der Waals surface area contributed by atoms with Crippen molar-refractivity contribution in [1.29, 1.82) is 0 Å². The van der Waals surface area contributed by atoms with Crippen LogP contribution in [0, 0.1) is 0 Å². The average molecular weight is 711 g/mol. The Kier molecular flexibility index (Phi) is 9.72. The van der Waals surface area contributed by atoms with Gasteiger partial charge < -0.3 is 48.1 Å². The third-order valence-electron chi connectivity index (χ3n) is 8.11. The molecule has 2 saturated heterocycles. The molecule has 1 saturated carbocycles. The molecule has 51 heavy (non-hydrogen) atoms. The molecule has 4 aliphatic heterocycles. The van der Waals surface area contributed by atoms with Crippen molar-refractivity contribution in [3.8, 4) is 0 Å². The third kappa shape index (κ3) is 7.90. The van der Waals surface area contributed by atoms with Gasteiger partial charge in [0.15, 0.2) is 0 Å². The second kappa shape index (κ2) is 13.7. The number of carbonyl (C=O) groups is 6. The molecule has 0 bridgehead atoms. The van der Waals surface area contributed by atoms with E-state index < -0.39 is 76.4 Å². The highest BCUT2D eigenvalue weighted by Crippen LogP contribution is 2.45. The highest BCUT2D eigenvalue weighted by Gasteiger charge is 2.56. The van der Waals surface area contributed by atoms with Crippen LogP contribution in [-0.4, -0.2) is 69.2 Å². The van der Waals surface area contributed by atoms with Gasteiger partial charge in [0.25, 0.3) is 35.0 Å². The van der Waals surface area contributed by atoms with Gasteiger partial charge in [-0.3, -0.25) is 0 Å². The number of aliphatic hydroxyl groups is 2. The standard InChI is InChI=1S/C35H34O16/c1-5-33(4)46-26(38)21(27(39)47-33)13-9-7-11-15-23-30(42)50-35(51-31(23)43)18-16-34(17-19-35)48-28(40)22(29(41)49-34)14-10-6-8-12-20-24(36)44-32(2,3)45-25(20)37/h6-15,38,40H,5,16-19H2,1-4H3. The second-order valence-corrected chi connectivity index (χ2v) is 12.3. The molecule has 1 atom stereocenters. The number of allylic oxidation sites excluding steroid dienone is 8. The number of hydrogen-bond acceptors (Lipinski definition) is 16. The van der Waals surface area contributed by atoms with E-state index in [1.54, 1.807) is 6.92 Å². The van der Waals surface area contributed by atoms with E-state index in [4.69, 9.17) is 37.9 Å². The topological polar surface area (TPSA) is 217 Å². The van der Waals surface area contributed by atoms with E-state index in [-0.39, 0.29) is 42.4 Å². The van der Waals surface area contributed by atoms with E-state index in [9.17, 15) is 39.0 Å². The highest BCUT2D eigenvalue weighted by molar-refractivity contribution is 6.16. The van der Waals surface area contributed by atoms with Crippen LogP contribution in [0.1, 0.15) is 59.8 Å². The highest BCUT2D eigenvalue weighted by atomic mass is 16.8. The lowest BCUT2D eigenvalue weighted by Crippen LogP contribution is -2.54. The van der Waals surface area contributed by atoms with Gasteiger partial charge in [0.1, 0.15) is 22.3 Å². The molecule has 5 aliphatic rings. The van der Waals surface area contributed by atoms with Crippen LogP contribution in [0.15, 0.2) is 94.9 Å². The summed E-state index contributed by atoms with van der Waals surface area (Å²) in [5.41, 5.74) is -1.27. The third-order valence-corrected chi connectivity index (χ3v) is 8.11. The molecule has 0 aromatic rings. The molecule has 0 amide bonds. The zero-order chi connectivity index (χ0) is 37.2. The SMILES string of the molecule is CCC1(C)OC(=O)C(C=CC=CC=C2C(=O)OC3(CCC4(CC3)OC(=O)C(C=CC=CC=C3C(=O)OC(C)(C)OC3=O)=C(O)O4)OC2=O)=C(O)O1. The molecule has 16 heteroatoms. The van der Waals surface area contributed by atoms with Crippen molar-refractivity contribution >= 4 is 35.8 Å². The fourth-order valence-corrected chi connectivity index (χ4v) is 5.25. The molecule has 0 aromatic heterocycles. The van der Waals surface area contributed by atoms with Crippen molar-refractivity contribution in [3.05, 3.63) is 94.9 Å². The van der Waals surface area contributed by atoms with Crippen molar-refractivity contribution in [3.63, 3.8) is 0 Å². The Balaban J connectivity index is 1.15. The van der Waals surface area contributed by atoms with Crippen LogP contribution in [0.25, 0.3) is 0 Å². The molecule has 1 unspecified atom stereocenters. The van der Waals surface area contributed by atoms with Crippen molar-refractivity contribution in [2.24, 2.45) is 0 Å². The Labute approximate surface area is 290 Å². The largest absolute Gasteiger partial charge is 0.480 e. The molecule has 5 rings (SSSR count). The molecule has 4 heterocycles. The first-order valence-electron chi connectivity index (χ1n) is 15.7. The lowest BCUT2D eigenvalue weighted by Gasteiger charge is -2.46. The van der Waals surface area contributed by atoms with E-state index in [0.717, 1.165) is 6.08 Å². The van der Waals surface area contributed by atoms with Crippen LogP contribution in [-0.2, 0) is 66.7 Å². The summed E-state index contributed by atoms with van der Waals surface area (Å²) in [5, 5.41) is 20.6. The van der Waals surface area contributed by atoms with Gasteiger partial charge in [-0.25, -0.2) is 28.8 Å². The van der Waals surface area contributed by atoms with Crippen LogP contribution in [0.2, 0.25) is 0 Å². The molecule has 0 aromatic carbocycles. The minimum absolute atomic E-state index is 0.104. The molecular formula is C35H34O16. The number of rotatable bonds is 7. The van der Waals surface area contributed by atoms with Crippen LogP contribution < -0.4 is 0 Å². The molecule has 2 spiro atoms. The van der Waals surface area contributed by atoms with Crippen molar-refractivity contribution < 1.29 is 76.9 Å². The first-order valence-corrected chi connectivity index (χ1v) is 15.7. The number of esters is 6. The van der Waals surface area contributed by atoms with Gasteiger partial charge >= 0.3 is 35.8 Å². The summed E-state index contributed by atoms with van der Waals surface area (Å²) in [7, 11) is 0. The van der Waals surface area contributed by atoms with E-state index in [1.165, 1.54) is 75.5 Å². The summed E-state index contributed by atoms with van der Waals surface area (Å²) in [6.07, 6.45) is 12.7. The average Bonchev–Trinajstić information content (AvgIpc) is 3.02. The molecule has 3 fully saturated rings. The first-order chi connectivity index (χ1) is 24.0.